The van der Waals surface area contributed by atoms with Gasteiger partial charge in [0.25, 0.3) is 0 Å². The molecule has 33 heavy (non-hydrogen) atoms. The van der Waals surface area contributed by atoms with Gasteiger partial charge in [0, 0.05) is 0 Å². The number of nitrogens with zero attached hydrogens (tertiary/aromatic N) is 2. The monoisotopic (exact) mass is 471 g/mol. The lowest BCUT2D eigenvalue weighted by Gasteiger charge is -2.32. The van der Waals surface area contributed by atoms with Crippen LogP contribution in [0.2, 0.25) is 0 Å². The molecule has 11 heteroatoms. The number of hydrogen-bond acceptors (Lipinski definition) is 8. The van der Waals surface area contributed by atoms with Crippen molar-refractivity contribution in [3.63, 3.8) is 0 Å². The van der Waals surface area contributed by atoms with Gasteiger partial charge in [-0.05, 0) is 68.2 Å². The Labute approximate surface area is 195 Å². The van der Waals surface area contributed by atoms with E-state index in [1.807, 2.05) is 0 Å². The highest BCUT2D eigenvalue weighted by Crippen LogP contribution is 2.20. The molecule has 0 fully saturated rings. The van der Waals surface area contributed by atoms with Crippen LogP contribution in [0.15, 0.2) is 11.6 Å². The molecule has 0 radical (unpaired) electrons. The van der Waals surface area contributed by atoms with Gasteiger partial charge >= 0.3 is 24.2 Å². The number of carbonyl (C=O) groups is 4. The van der Waals surface area contributed by atoms with E-state index in [0.717, 1.165) is 12.0 Å². The number of methoxy groups -OCH3 is 1. The third-order valence-electron chi connectivity index (χ3n) is 3.94. The summed E-state index contributed by atoms with van der Waals surface area (Å²) in [6, 6.07) is -1.33. The highest BCUT2D eigenvalue weighted by molar-refractivity contribution is 5.94. The second-order valence-electron chi connectivity index (χ2n) is 9.45. The maximum atomic E-state index is 12.8. The molecular formula is C22H37N3O8. The number of carbonyl (C=O) groups excluding carboxylic acids is 3. The van der Waals surface area contributed by atoms with Crippen molar-refractivity contribution in [1.29, 1.82) is 5.41 Å². The summed E-state index contributed by atoms with van der Waals surface area (Å²) in [7, 11) is 1.14. The molecule has 11 nitrogen and oxygen atoms in total. The van der Waals surface area contributed by atoms with Crippen LogP contribution in [0.5, 0.6) is 0 Å². The number of rotatable bonds is 7. The van der Waals surface area contributed by atoms with Gasteiger partial charge < -0.3 is 19.3 Å². The van der Waals surface area contributed by atoms with E-state index in [-0.39, 0.29) is 25.2 Å². The molecule has 2 N–H and O–H groups in total. The molecule has 0 heterocycles. The summed E-state index contributed by atoms with van der Waals surface area (Å²) in [6.07, 6.45) is -1.51. The molecule has 0 aliphatic heterocycles. The maximum absolute atomic E-state index is 12.8. The second-order valence-corrected chi connectivity index (χ2v) is 9.45. The highest BCUT2D eigenvalue weighted by Gasteiger charge is 2.40. The predicted molar refractivity (Wildman–Crippen MR) is 121 cm³/mol. The summed E-state index contributed by atoms with van der Waals surface area (Å²) in [5.74, 6) is -0.969. The van der Waals surface area contributed by atoms with Crippen LogP contribution in [0, 0.1) is 5.41 Å². The zero-order valence-corrected chi connectivity index (χ0v) is 21.0. The van der Waals surface area contributed by atoms with Gasteiger partial charge in [-0.2, -0.15) is 4.90 Å². The largest absolute Gasteiger partial charge is 0.467 e. The summed E-state index contributed by atoms with van der Waals surface area (Å²) in [4.78, 5) is 50.9. The van der Waals surface area contributed by atoms with Crippen molar-refractivity contribution >= 4 is 30.1 Å². The van der Waals surface area contributed by atoms with Crippen LogP contribution in [0.3, 0.4) is 0 Å². The van der Waals surface area contributed by atoms with E-state index in [2.05, 4.69) is 0 Å². The number of imide groups is 1. The fraction of sp³-hybridized carbons (Fsp3) is 0.682. The third kappa shape index (κ3) is 11.4. The van der Waals surface area contributed by atoms with Gasteiger partial charge in [0.2, 0.25) is 0 Å². The van der Waals surface area contributed by atoms with Gasteiger partial charge in [-0.1, -0.05) is 11.6 Å². The summed E-state index contributed by atoms with van der Waals surface area (Å²) >= 11 is 0. The zero-order valence-electron chi connectivity index (χ0n) is 21.0. The molecule has 0 aliphatic rings. The molecule has 0 rings (SSSR count). The van der Waals surface area contributed by atoms with E-state index in [4.69, 9.17) is 19.6 Å². The molecule has 0 saturated carbocycles. The maximum Gasteiger partial charge on any atom is 0.420 e. The Kier molecular flexibility index (Phi) is 11.1. The molecule has 0 aromatic rings. The van der Waals surface area contributed by atoms with Gasteiger partial charge in [-0.3, -0.25) is 10.3 Å². The van der Waals surface area contributed by atoms with Crippen LogP contribution in [0.25, 0.3) is 0 Å². The lowest BCUT2D eigenvalue weighted by Crippen LogP contribution is -2.52. The number of amidine groups is 1. The van der Waals surface area contributed by atoms with Crippen molar-refractivity contribution in [1.82, 2.24) is 9.80 Å². The quantitative estimate of drug-likeness (QED) is 0.182. The Morgan fingerprint density at radius 1 is 0.970 bits per heavy atom. The number of amides is 3. The van der Waals surface area contributed by atoms with Crippen LogP contribution in [-0.2, 0) is 19.0 Å². The predicted octanol–water partition coefficient (Wildman–Crippen LogP) is 4.40. The zero-order chi connectivity index (χ0) is 26.1. The van der Waals surface area contributed by atoms with Gasteiger partial charge in [-0.15, -0.1) is 0 Å². The smallest absolute Gasteiger partial charge is 0.420 e. The van der Waals surface area contributed by atoms with E-state index < -0.39 is 41.5 Å². The minimum Gasteiger partial charge on any atom is -0.467 e. The van der Waals surface area contributed by atoms with Crippen LogP contribution >= 0.6 is 0 Å². The molecule has 0 spiro atoms. The van der Waals surface area contributed by atoms with Crippen molar-refractivity contribution < 1.29 is 38.5 Å². The van der Waals surface area contributed by atoms with Crippen LogP contribution in [-0.4, -0.2) is 75.9 Å². The standard InChI is InChI=1S/C22H37N3O8/c1-14(13-24(15(2)23)18(27)28)11-10-12-16(17(26)31-9)25(19(29)32-21(3,4)5)20(30)33-22(6,7)8/h11,16,23H,10,12-13H2,1-9H3,(H,27,28)/t16-/m0/s1. The molecule has 0 bridgehead atoms. The molecule has 0 saturated heterocycles. The van der Waals surface area contributed by atoms with Crippen molar-refractivity contribution in [2.75, 3.05) is 13.7 Å². The van der Waals surface area contributed by atoms with Gasteiger partial charge in [-0.25, -0.2) is 19.2 Å². The minimum atomic E-state index is -1.33. The lowest BCUT2D eigenvalue weighted by atomic mass is 10.1. The average molecular weight is 472 g/mol. The molecule has 188 valence electrons. The first-order valence-electron chi connectivity index (χ1n) is 10.4. The first-order valence-corrected chi connectivity index (χ1v) is 10.4. The van der Waals surface area contributed by atoms with Crippen molar-refractivity contribution in [2.45, 2.75) is 85.5 Å². The average Bonchev–Trinajstić information content (AvgIpc) is 2.60. The first kappa shape index (κ1) is 29.9. The van der Waals surface area contributed by atoms with Gasteiger partial charge in [0.05, 0.1) is 13.7 Å². The van der Waals surface area contributed by atoms with E-state index in [1.54, 1.807) is 54.5 Å². The van der Waals surface area contributed by atoms with E-state index in [1.165, 1.54) is 6.92 Å². The Morgan fingerprint density at radius 2 is 1.42 bits per heavy atom. The normalized spacial score (nSPS) is 12.9. The lowest BCUT2D eigenvalue weighted by molar-refractivity contribution is -0.146. The number of carboxylic acid groups (broad SMARTS) is 1. The number of esters is 1. The van der Waals surface area contributed by atoms with Gasteiger partial charge in [0.15, 0.2) is 0 Å². The van der Waals surface area contributed by atoms with Crippen LogP contribution in [0.1, 0.15) is 68.2 Å². The van der Waals surface area contributed by atoms with Crippen molar-refractivity contribution in [3.05, 3.63) is 11.6 Å². The molecule has 0 aliphatic carbocycles. The Bertz CT molecular complexity index is 735. The fourth-order valence-electron chi connectivity index (χ4n) is 2.57. The Morgan fingerprint density at radius 3 is 1.76 bits per heavy atom. The van der Waals surface area contributed by atoms with Crippen molar-refractivity contribution in [3.8, 4) is 0 Å². The number of hydrogen-bond donors (Lipinski definition) is 2. The molecule has 0 aromatic carbocycles. The minimum absolute atomic E-state index is 0.0147. The number of ether oxygens (including phenoxy) is 3. The third-order valence-corrected chi connectivity index (χ3v) is 3.94. The molecule has 1 atom stereocenters. The summed E-state index contributed by atoms with van der Waals surface area (Å²) < 4.78 is 15.4. The molecular weight excluding hydrogens is 434 g/mol. The molecule has 0 aromatic heterocycles. The Balaban J connectivity index is 5.83. The summed E-state index contributed by atoms with van der Waals surface area (Å²) in [5.41, 5.74) is -1.24. The second kappa shape index (κ2) is 12.2. The molecule has 3 amide bonds. The van der Waals surface area contributed by atoms with E-state index >= 15 is 0 Å². The summed E-state index contributed by atoms with van der Waals surface area (Å²) in [5, 5.41) is 16.7. The molecule has 0 unspecified atom stereocenters. The number of nitrogens with one attached hydrogen (secondary N) is 1. The van der Waals surface area contributed by atoms with Crippen LogP contribution in [0.4, 0.5) is 14.4 Å². The van der Waals surface area contributed by atoms with Gasteiger partial charge in [0.1, 0.15) is 23.1 Å². The first-order chi connectivity index (χ1) is 14.9. The topological polar surface area (TPSA) is 147 Å². The Hall–Kier alpha value is -3.11. The van der Waals surface area contributed by atoms with Crippen LogP contribution < -0.4 is 0 Å². The fourth-order valence-corrected chi connectivity index (χ4v) is 2.57. The highest BCUT2D eigenvalue weighted by atomic mass is 16.6. The SMILES string of the molecule is COC(=O)[C@H](CCC=C(C)CN(C(C)=N)C(=O)O)N(C(=O)OC(C)(C)C)C(=O)OC(C)(C)C. The van der Waals surface area contributed by atoms with Crippen molar-refractivity contribution in [2.24, 2.45) is 0 Å². The van der Waals surface area contributed by atoms with E-state index in [0.29, 0.717) is 10.5 Å². The number of allylic oxidation sites excluding steroid dienone is 1. The van der Waals surface area contributed by atoms with E-state index in [9.17, 15) is 24.3 Å². The summed E-state index contributed by atoms with van der Waals surface area (Å²) in [6.45, 7) is 12.7.